The average molecular weight is 392 g/mol. The van der Waals surface area contributed by atoms with E-state index in [0.717, 1.165) is 53.1 Å². The molecule has 0 spiro atoms. The molecule has 4 rings (SSSR count). The van der Waals surface area contributed by atoms with E-state index in [0.29, 0.717) is 6.54 Å². The largest absolute Gasteiger partial charge is 0.348 e. The van der Waals surface area contributed by atoms with Gasteiger partial charge in [0.05, 0.1) is 17.1 Å². The molecule has 2 aliphatic rings. The Bertz CT molecular complexity index is 907. The second kappa shape index (κ2) is 6.85. The predicted molar refractivity (Wildman–Crippen MR) is 109 cm³/mol. The number of nitrogens with zero attached hydrogens (tertiary/aromatic N) is 3. The van der Waals surface area contributed by atoms with E-state index in [1.54, 1.807) is 22.6 Å². The highest BCUT2D eigenvalue weighted by Gasteiger charge is 2.28. The Morgan fingerprint density at radius 3 is 2.92 bits per heavy atom. The van der Waals surface area contributed by atoms with Gasteiger partial charge in [0.2, 0.25) is 10.0 Å². The van der Waals surface area contributed by atoms with Gasteiger partial charge in [0, 0.05) is 30.6 Å². The molecule has 0 radical (unpaired) electrons. The van der Waals surface area contributed by atoms with Gasteiger partial charge in [-0.2, -0.15) is 0 Å². The first-order chi connectivity index (χ1) is 12.5. The van der Waals surface area contributed by atoms with Crippen LogP contribution in [0.4, 0.5) is 10.8 Å². The second-order valence-corrected chi connectivity index (χ2v) is 10.3. The molecule has 0 unspecified atom stereocenters. The molecule has 1 saturated heterocycles. The minimum absolute atomic E-state index is 0.137. The van der Waals surface area contributed by atoms with Crippen molar-refractivity contribution in [2.24, 2.45) is 5.92 Å². The van der Waals surface area contributed by atoms with E-state index in [1.165, 1.54) is 12.8 Å². The minimum Gasteiger partial charge on any atom is -0.348 e. The molecule has 2 aliphatic heterocycles. The number of benzene rings is 1. The average Bonchev–Trinajstić information content (AvgIpc) is 3.28. The number of fused-ring (bicyclic) bond motifs is 1. The Kier molecular flexibility index (Phi) is 4.69. The molecule has 0 aliphatic carbocycles. The molecule has 1 aromatic carbocycles. The van der Waals surface area contributed by atoms with Crippen LogP contribution in [0.25, 0.3) is 11.3 Å². The molecule has 0 amide bonds. The lowest BCUT2D eigenvalue weighted by Gasteiger charge is -2.30. The molecule has 5 nitrogen and oxygen atoms in total. The van der Waals surface area contributed by atoms with E-state index in [-0.39, 0.29) is 5.75 Å². The van der Waals surface area contributed by atoms with Gasteiger partial charge in [-0.15, -0.1) is 11.3 Å². The van der Waals surface area contributed by atoms with Crippen LogP contribution in [-0.4, -0.2) is 38.8 Å². The minimum atomic E-state index is -3.19. The topological polar surface area (TPSA) is 53.5 Å². The smallest absolute Gasteiger partial charge is 0.234 e. The molecule has 140 valence electrons. The molecule has 3 heterocycles. The summed E-state index contributed by atoms with van der Waals surface area (Å²) in [5.74, 6) is 0.861. The first-order valence-electron chi connectivity index (χ1n) is 9.32. The third-order valence-electron chi connectivity index (χ3n) is 5.35. The van der Waals surface area contributed by atoms with Crippen LogP contribution in [0.15, 0.2) is 23.6 Å². The molecule has 1 atom stereocenters. The second-order valence-electron chi connectivity index (χ2n) is 7.27. The van der Waals surface area contributed by atoms with Crippen molar-refractivity contribution in [1.82, 2.24) is 4.98 Å². The lowest BCUT2D eigenvalue weighted by atomic mass is 10.0. The summed E-state index contributed by atoms with van der Waals surface area (Å²) >= 11 is 1.70. The predicted octanol–water partition coefficient (Wildman–Crippen LogP) is 3.76. The van der Waals surface area contributed by atoms with E-state index in [9.17, 15) is 8.42 Å². The van der Waals surface area contributed by atoms with Crippen LogP contribution in [0.3, 0.4) is 0 Å². The summed E-state index contributed by atoms with van der Waals surface area (Å²) in [6, 6.07) is 6.05. The van der Waals surface area contributed by atoms with Crippen molar-refractivity contribution < 1.29 is 8.42 Å². The summed E-state index contributed by atoms with van der Waals surface area (Å²) < 4.78 is 26.0. The first kappa shape index (κ1) is 17.8. The van der Waals surface area contributed by atoms with E-state index in [2.05, 4.69) is 23.3 Å². The number of aromatic nitrogens is 1. The van der Waals surface area contributed by atoms with Crippen molar-refractivity contribution in [1.29, 1.82) is 0 Å². The summed E-state index contributed by atoms with van der Waals surface area (Å²) in [6.45, 7) is 6.71. The number of rotatable bonds is 4. The van der Waals surface area contributed by atoms with Gasteiger partial charge in [0.25, 0.3) is 0 Å². The summed E-state index contributed by atoms with van der Waals surface area (Å²) in [5, 5.41) is 3.22. The molecule has 26 heavy (non-hydrogen) atoms. The van der Waals surface area contributed by atoms with Crippen LogP contribution < -0.4 is 9.21 Å². The van der Waals surface area contributed by atoms with Crippen LogP contribution in [0.2, 0.25) is 0 Å². The maximum Gasteiger partial charge on any atom is 0.234 e. The number of anilines is 2. The number of hydrogen-bond acceptors (Lipinski definition) is 5. The maximum absolute atomic E-state index is 12.2. The summed E-state index contributed by atoms with van der Waals surface area (Å²) in [6.07, 6.45) is 3.30. The highest BCUT2D eigenvalue weighted by molar-refractivity contribution is 7.92. The van der Waals surface area contributed by atoms with Gasteiger partial charge in [-0.25, -0.2) is 13.4 Å². The number of hydrogen-bond donors (Lipinski definition) is 0. The fourth-order valence-corrected chi connectivity index (χ4v) is 5.91. The van der Waals surface area contributed by atoms with E-state index in [1.807, 2.05) is 12.1 Å². The Balaban J connectivity index is 1.59. The lowest BCUT2D eigenvalue weighted by Crippen LogP contribution is -2.34. The summed E-state index contributed by atoms with van der Waals surface area (Å²) in [4.78, 5) is 7.25. The standard InChI is InChI=1S/C19H25N3O2S2/c1-3-26(23,24)22-10-8-16-11-15(6-7-18(16)22)17-13-25-19(20-17)21-9-4-5-14(2)12-21/h6-7,11,13-14H,3-5,8-10,12H2,1-2H3/t14-/m1/s1. The van der Waals surface area contributed by atoms with Crippen molar-refractivity contribution in [2.75, 3.05) is 34.6 Å². The van der Waals surface area contributed by atoms with Gasteiger partial charge in [-0.05, 0) is 49.8 Å². The molecular formula is C19H25N3O2S2. The molecule has 0 bridgehead atoms. The van der Waals surface area contributed by atoms with Gasteiger partial charge < -0.3 is 4.90 Å². The highest BCUT2D eigenvalue weighted by Crippen LogP contribution is 2.36. The quantitative estimate of drug-likeness (QED) is 0.796. The third kappa shape index (κ3) is 3.22. The molecule has 7 heteroatoms. The van der Waals surface area contributed by atoms with Crippen LogP contribution in [0.1, 0.15) is 32.3 Å². The molecule has 2 aromatic rings. The van der Waals surface area contributed by atoms with Crippen LogP contribution in [0.5, 0.6) is 0 Å². The zero-order valence-corrected chi connectivity index (χ0v) is 16.9. The van der Waals surface area contributed by atoms with Gasteiger partial charge >= 0.3 is 0 Å². The van der Waals surface area contributed by atoms with Crippen LogP contribution in [-0.2, 0) is 16.4 Å². The Labute approximate surface area is 159 Å². The van der Waals surface area contributed by atoms with Gasteiger partial charge in [-0.3, -0.25) is 4.31 Å². The molecule has 1 fully saturated rings. The van der Waals surface area contributed by atoms with Crippen molar-refractivity contribution in [2.45, 2.75) is 33.1 Å². The first-order valence-corrected chi connectivity index (χ1v) is 11.8. The normalized spacial score (nSPS) is 20.5. The van der Waals surface area contributed by atoms with Gasteiger partial charge in [0.15, 0.2) is 5.13 Å². The van der Waals surface area contributed by atoms with Crippen molar-refractivity contribution in [3.8, 4) is 11.3 Å². The zero-order valence-electron chi connectivity index (χ0n) is 15.3. The van der Waals surface area contributed by atoms with E-state index >= 15 is 0 Å². The Hall–Kier alpha value is -1.60. The van der Waals surface area contributed by atoms with E-state index in [4.69, 9.17) is 4.98 Å². The highest BCUT2D eigenvalue weighted by atomic mass is 32.2. The lowest BCUT2D eigenvalue weighted by molar-refractivity contribution is 0.446. The van der Waals surface area contributed by atoms with Gasteiger partial charge in [0.1, 0.15) is 0 Å². The van der Waals surface area contributed by atoms with Crippen LogP contribution in [0, 0.1) is 5.92 Å². The zero-order chi connectivity index (χ0) is 18.3. The van der Waals surface area contributed by atoms with Crippen molar-refractivity contribution >= 4 is 32.2 Å². The fraction of sp³-hybridized carbons (Fsp3) is 0.526. The maximum atomic E-state index is 12.2. The van der Waals surface area contributed by atoms with Crippen molar-refractivity contribution in [3.05, 3.63) is 29.1 Å². The molecule has 1 aromatic heterocycles. The number of sulfonamides is 1. The SMILES string of the molecule is CCS(=O)(=O)N1CCc2cc(-c3csc(N4CCC[C@@H](C)C4)n3)ccc21. The summed E-state index contributed by atoms with van der Waals surface area (Å²) in [7, 11) is -3.19. The van der Waals surface area contributed by atoms with Crippen molar-refractivity contribution in [3.63, 3.8) is 0 Å². The Morgan fingerprint density at radius 1 is 1.31 bits per heavy atom. The fourth-order valence-electron chi connectivity index (χ4n) is 3.88. The number of thiazole rings is 1. The Morgan fingerprint density at radius 2 is 2.15 bits per heavy atom. The molecular weight excluding hydrogens is 366 g/mol. The molecule has 0 saturated carbocycles. The third-order valence-corrected chi connectivity index (χ3v) is 8.03. The van der Waals surface area contributed by atoms with Crippen LogP contribution >= 0.6 is 11.3 Å². The molecule has 0 N–H and O–H groups in total. The van der Waals surface area contributed by atoms with E-state index < -0.39 is 10.0 Å². The summed E-state index contributed by atoms with van der Waals surface area (Å²) in [5.41, 5.74) is 3.99. The number of piperidine rings is 1. The monoisotopic (exact) mass is 391 g/mol. The van der Waals surface area contributed by atoms with Gasteiger partial charge in [-0.1, -0.05) is 13.0 Å².